The largest absolute Gasteiger partial charge is 0.248 e. The topological polar surface area (TPSA) is 12.9 Å². The molecule has 0 bridgehead atoms. The predicted octanol–water partition coefficient (Wildman–Crippen LogP) is 5.16. The van der Waals surface area contributed by atoms with Crippen molar-refractivity contribution in [3.05, 3.63) is 65.7 Å². The zero-order chi connectivity index (χ0) is 13.9. The van der Waals surface area contributed by atoms with E-state index in [0.29, 0.717) is 0 Å². The lowest BCUT2D eigenvalue weighted by Gasteiger charge is -2.06. The van der Waals surface area contributed by atoms with Crippen LogP contribution in [0.2, 0.25) is 0 Å². The van der Waals surface area contributed by atoms with Crippen molar-refractivity contribution in [2.24, 2.45) is 0 Å². The van der Waals surface area contributed by atoms with E-state index in [1.54, 1.807) is 0 Å². The van der Waals surface area contributed by atoms with Crippen LogP contribution in [0.5, 0.6) is 0 Å². The Hall–Kier alpha value is -2.15. The summed E-state index contributed by atoms with van der Waals surface area (Å²) in [5, 5.41) is 1.23. The molecular formula is C19H19N. The average Bonchev–Trinajstić information content (AvgIpc) is 2.47. The van der Waals surface area contributed by atoms with Crippen LogP contribution >= 0.6 is 0 Å². The van der Waals surface area contributed by atoms with Gasteiger partial charge in [-0.25, -0.2) is 4.98 Å². The molecule has 0 atom stereocenters. The summed E-state index contributed by atoms with van der Waals surface area (Å²) in [6.07, 6.45) is 2.32. The number of hydrogen-bond acceptors (Lipinski definition) is 1. The third kappa shape index (κ3) is 2.57. The summed E-state index contributed by atoms with van der Waals surface area (Å²) in [7, 11) is 0. The van der Waals surface area contributed by atoms with E-state index >= 15 is 0 Å². The van der Waals surface area contributed by atoms with Crippen LogP contribution in [-0.2, 0) is 6.42 Å². The summed E-state index contributed by atoms with van der Waals surface area (Å²) in [6, 6.07) is 19.4. The molecule has 1 heteroatoms. The maximum atomic E-state index is 4.79. The molecule has 2 aromatic carbocycles. The molecule has 0 spiro atoms. The zero-order valence-electron chi connectivity index (χ0n) is 12.1. The van der Waals surface area contributed by atoms with Crippen molar-refractivity contribution < 1.29 is 0 Å². The zero-order valence-corrected chi connectivity index (χ0v) is 12.1. The summed E-state index contributed by atoms with van der Waals surface area (Å²) in [6.45, 7) is 4.32. The highest BCUT2D eigenvalue weighted by atomic mass is 14.7. The summed E-state index contributed by atoms with van der Waals surface area (Å²) in [5.74, 6) is 0. The maximum absolute atomic E-state index is 4.79. The van der Waals surface area contributed by atoms with Crippen LogP contribution in [0, 0.1) is 6.92 Å². The van der Waals surface area contributed by atoms with Crippen molar-refractivity contribution in [3.63, 3.8) is 0 Å². The Kier molecular flexibility index (Phi) is 3.51. The fourth-order valence-electron chi connectivity index (χ4n) is 2.58. The molecule has 0 aliphatic carbocycles. The van der Waals surface area contributed by atoms with Gasteiger partial charge in [0.15, 0.2) is 0 Å². The Morgan fingerprint density at radius 1 is 0.950 bits per heavy atom. The Morgan fingerprint density at radius 2 is 1.85 bits per heavy atom. The lowest BCUT2D eigenvalue weighted by Crippen LogP contribution is -1.88. The van der Waals surface area contributed by atoms with Crippen LogP contribution < -0.4 is 0 Å². The third-order valence-corrected chi connectivity index (χ3v) is 3.61. The van der Waals surface area contributed by atoms with Crippen LogP contribution in [0.3, 0.4) is 0 Å². The minimum absolute atomic E-state index is 1.05. The van der Waals surface area contributed by atoms with Crippen LogP contribution in [0.4, 0.5) is 0 Å². The number of aromatic nitrogens is 1. The van der Waals surface area contributed by atoms with Crippen molar-refractivity contribution in [2.75, 3.05) is 0 Å². The maximum Gasteiger partial charge on any atom is 0.0709 e. The molecule has 0 unspecified atom stereocenters. The van der Waals surface area contributed by atoms with Crippen molar-refractivity contribution in [2.45, 2.75) is 26.7 Å². The van der Waals surface area contributed by atoms with Crippen LogP contribution in [-0.4, -0.2) is 4.98 Å². The van der Waals surface area contributed by atoms with E-state index in [0.717, 1.165) is 17.6 Å². The number of benzene rings is 2. The van der Waals surface area contributed by atoms with Crippen molar-refractivity contribution in [1.29, 1.82) is 0 Å². The van der Waals surface area contributed by atoms with Gasteiger partial charge in [0.2, 0.25) is 0 Å². The van der Waals surface area contributed by atoms with E-state index in [1.165, 1.54) is 28.5 Å². The summed E-state index contributed by atoms with van der Waals surface area (Å²) < 4.78 is 0. The number of fused-ring (bicyclic) bond motifs is 1. The normalized spacial score (nSPS) is 10.9. The summed E-state index contributed by atoms with van der Waals surface area (Å²) in [5.41, 5.74) is 5.96. The van der Waals surface area contributed by atoms with Crippen LogP contribution in [0.15, 0.2) is 54.6 Å². The molecule has 0 radical (unpaired) electrons. The molecule has 0 saturated carbocycles. The molecule has 1 heterocycles. The SMILES string of the molecule is CCCc1ccc2nc(-c3cccc(C)c3)ccc2c1. The van der Waals surface area contributed by atoms with Crippen LogP contribution in [0.1, 0.15) is 24.5 Å². The van der Waals surface area contributed by atoms with Gasteiger partial charge in [-0.05, 0) is 43.2 Å². The second-order valence-electron chi connectivity index (χ2n) is 5.34. The molecule has 3 rings (SSSR count). The minimum Gasteiger partial charge on any atom is -0.248 e. The Morgan fingerprint density at radius 3 is 2.65 bits per heavy atom. The lowest BCUT2D eigenvalue weighted by atomic mass is 10.0. The fraction of sp³-hybridized carbons (Fsp3) is 0.211. The lowest BCUT2D eigenvalue weighted by molar-refractivity contribution is 0.923. The Labute approximate surface area is 120 Å². The van der Waals surface area contributed by atoms with E-state index in [-0.39, 0.29) is 0 Å². The first-order chi connectivity index (χ1) is 9.76. The van der Waals surface area contributed by atoms with Gasteiger partial charge in [-0.3, -0.25) is 0 Å². The first-order valence-corrected chi connectivity index (χ1v) is 7.23. The number of aryl methyl sites for hydroxylation is 2. The highest BCUT2D eigenvalue weighted by Gasteiger charge is 2.02. The molecule has 0 aliphatic rings. The molecule has 1 nitrogen and oxygen atoms in total. The minimum atomic E-state index is 1.05. The molecule has 0 fully saturated rings. The quantitative estimate of drug-likeness (QED) is 0.634. The molecule has 0 saturated heterocycles. The summed E-state index contributed by atoms with van der Waals surface area (Å²) in [4.78, 5) is 4.79. The molecule has 20 heavy (non-hydrogen) atoms. The number of nitrogens with zero attached hydrogens (tertiary/aromatic N) is 1. The summed E-state index contributed by atoms with van der Waals surface area (Å²) >= 11 is 0. The van der Waals surface area contributed by atoms with Crippen molar-refractivity contribution in [1.82, 2.24) is 4.98 Å². The van der Waals surface area contributed by atoms with Crippen LogP contribution in [0.25, 0.3) is 22.2 Å². The average molecular weight is 261 g/mol. The highest BCUT2D eigenvalue weighted by Crippen LogP contribution is 2.22. The molecule has 0 N–H and O–H groups in total. The van der Waals surface area contributed by atoms with Gasteiger partial charge in [-0.1, -0.05) is 49.2 Å². The Balaban J connectivity index is 2.05. The molecule has 3 aromatic rings. The van der Waals surface area contributed by atoms with Gasteiger partial charge in [0, 0.05) is 10.9 Å². The number of hydrogen-bond donors (Lipinski definition) is 0. The predicted molar refractivity (Wildman–Crippen MR) is 85.9 cm³/mol. The molecular weight excluding hydrogens is 242 g/mol. The monoisotopic (exact) mass is 261 g/mol. The van der Waals surface area contributed by atoms with Crippen molar-refractivity contribution >= 4 is 10.9 Å². The number of pyridine rings is 1. The van der Waals surface area contributed by atoms with Gasteiger partial charge in [-0.2, -0.15) is 0 Å². The fourth-order valence-corrected chi connectivity index (χ4v) is 2.58. The first kappa shape index (κ1) is 12.9. The van der Waals surface area contributed by atoms with E-state index in [4.69, 9.17) is 4.98 Å². The van der Waals surface area contributed by atoms with Gasteiger partial charge in [-0.15, -0.1) is 0 Å². The molecule has 100 valence electrons. The number of rotatable bonds is 3. The van der Waals surface area contributed by atoms with E-state index in [9.17, 15) is 0 Å². The van der Waals surface area contributed by atoms with Crippen molar-refractivity contribution in [3.8, 4) is 11.3 Å². The Bertz CT molecular complexity index is 744. The first-order valence-electron chi connectivity index (χ1n) is 7.23. The van der Waals surface area contributed by atoms with E-state index in [2.05, 4.69) is 68.4 Å². The molecule has 0 aliphatic heterocycles. The molecule has 0 amide bonds. The molecule has 1 aromatic heterocycles. The smallest absolute Gasteiger partial charge is 0.0709 e. The second-order valence-corrected chi connectivity index (χ2v) is 5.34. The standard InChI is InChI=1S/C19H19N/c1-3-5-15-8-10-18-17(13-15)9-11-19(20-18)16-7-4-6-14(2)12-16/h4,6-13H,3,5H2,1-2H3. The van der Waals surface area contributed by atoms with Gasteiger partial charge in [0.1, 0.15) is 0 Å². The van der Waals surface area contributed by atoms with Gasteiger partial charge < -0.3 is 0 Å². The third-order valence-electron chi connectivity index (χ3n) is 3.61. The highest BCUT2D eigenvalue weighted by molar-refractivity contribution is 5.82. The van der Waals surface area contributed by atoms with E-state index in [1.807, 2.05) is 0 Å². The van der Waals surface area contributed by atoms with Gasteiger partial charge in [0.05, 0.1) is 11.2 Å². The van der Waals surface area contributed by atoms with Gasteiger partial charge in [0.25, 0.3) is 0 Å². The van der Waals surface area contributed by atoms with E-state index < -0.39 is 0 Å². The second kappa shape index (κ2) is 5.46. The van der Waals surface area contributed by atoms with Gasteiger partial charge >= 0.3 is 0 Å².